The fourth-order valence-corrected chi connectivity index (χ4v) is 4.91. The van der Waals surface area contributed by atoms with E-state index in [1.807, 2.05) is 13.8 Å². The van der Waals surface area contributed by atoms with Gasteiger partial charge in [0.05, 0.1) is 41.2 Å². The molecule has 1 saturated carbocycles. The van der Waals surface area contributed by atoms with Crippen LogP contribution in [0.4, 0.5) is 4.39 Å². The molecule has 1 aliphatic carbocycles. The summed E-state index contributed by atoms with van der Waals surface area (Å²) in [5, 5.41) is 12.1. The lowest BCUT2D eigenvalue weighted by Crippen LogP contribution is -2.30. The van der Waals surface area contributed by atoms with Crippen LogP contribution in [0.3, 0.4) is 0 Å². The zero-order valence-electron chi connectivity index (χ0n) is 20.0. The van der Waals surface area contributed by atoms with Crippen molar-refractivity contribution >= 4 is 28.9 Å². The fourth-order valence-electron chi connectivity index (χ4n) is 4.82. The van der Waals surface area contributed by atoms with E-state index < -0.39 is 5.82 Å². The molecular weight excluding hydrogens is 457 g/mol. The summed E-state index contributed by atoms with van der Waals surface area (Å²) in [6, 6.07) is 4.04. The number of ether oxygens (including phenoxy) is 1. The number of likely N-dealkylation sites (tertiary alicyclic amines) is 1. The van der Waals surface area contributed by atoms with E-state index in [0.717, 1.165) is 31.5 Å². The van der Waals surface area contributed by atoms with Crippen molar-refractivity contribution in [3.63, 3.8) is 0 Å². The first-order valence-electron chi connectivity index (χ1n) is 11.5. The first kappa shape index (κ1) is 24.4. The summed E-state index contributed by atoms with van der Waals surface area (Å²) in [7, 11) is 4.10. The van der Waals surface area contributed by atoms with Crippen LogP contribution in [0.2, 0.25) is 0 Å². The number of aliphatic imine (C=N–C) groups is 1. The minimum atomic E-state index is -0.443. The molecule has 2 atom stereocenters. The summed E-state index contributed by atoms with van der Waals surface area (Å²) in [4.78, 5) is 21.6. The number of rotatable bonds is 5. The van der Waals surface area contributed by atoms with Crippen LogP contribution in [0.25, 0.3) is 0 Å². The quantitative estimate of drug-likeness (QED) is 0.653. The summed E-state index contributed by atoms with van der Waals surface area (Å²) >= 11 is 6.22. The Balaban J connectivity index is 1.52. The Hall–Kier alpha value is -2.71. The maximum Gasteiger partial charge on any atom is 0.258 e. The highest BCUT2D eigenvalue weighted by molar-refractivity contribution is 6.43. The molecule has 7 nitrogen and oxygen atoms in total. The molecule has 3 aliphatic rings. The van der Waals surface area contributed by atoms with Crippen LogP contribution in [-0.4, -0.2) is 67.0 Å². The second kappa shape index (κ2) is 9.88. The van der Waals surface area contributed by atoms with Gasteiger partial charge in [-0.25, -0.2) is 9.38 Å². The second-order valence-electron chi connectivity index (χ2n) is 9.55. The number of carbonyl (C=O) groups is 1. The van der Waals surface area contributed by atoms with Crippen LogP contribution >= 0.6 is 11.6 Å². The molecular formula is C25H31ClFN5O2. The van der Waals surface area contributed by atoms with Crippen molar-refractivity contribution in [1.29, 1.82) is 5.41 Å². The molecule has 0 bridgehead atoms. The number of nitrogens with one attached hydrogen (secondary N) is 2. The molecule has 2 unspecified atom stereocenters. The number of hydrogen-bond donors (Lipinski definition) is 2. The molecule has 1 amide bonds. The van der Waals surface area contributed by atoms with E-state index in [0.29, 0.717) is 39.3 Å². The normalized spacial score (nSPS) is 25.2. The maximum atomic E-state index is 14.1. The van der Waals surface area contributed by atoms with Gasteiger partial charge in [0.2, 0.25) is 0 Å². The van der Waals surface area contributed by atoms with Crippen LogP contribution in [0.5, 0.6) is 5.75 Å². The van der Waals surface area contributed by atoms with E-state index in [1.165, 1.54) is 18.2 Å². The standard InChI is InChI=1S/C25H31ClFN5O2/c1-14-23(26)15(2)30-24(29-14)20-12-32(13-21(20)28)25(33)19-8-6-17(27)10-22(19)34-18-7-5-16(9-18)11-31(3)4/h6,8,10,16,18,28-29H,5,7,9,11-13H2,1-4H3/b24-20+,28-21?. The summed E-state index contributed by atoms with van der Waals surface area (Å²) in [5.74, 6) is 0.595. The maximum absolute atomic E-state index is 14.1. The van der Waals surface area contributed by atoms with Gasteiger partial charge in [-0.05, 0) is 65.3 Å². The lowest BCUT2D eigenvalue weighted by atomic mass is 10.1. The van der Waals surface area contributed by atoms with E-state index >= 15 is 0 Å². The molecule has 0 aromatic heterocycles. The predicted octanol–water partition coefficient (Wildman–Crippen LogP) is 4.16. The first-order valence-corrected chi connectivity index (χ1v) is 11.9. The summed E-state index contributed by atoms with van der Waals surface area (Å²) in [6.45, 7) is 5.01. The smallest absolute Gasteiger partial charge is 0.258 e. The van der Waals surface area contributed by atoms with Gasteiger partial charge in [-0.2, -0.15) is 0 Å². The van der Waals surface area contributed by atoms with E-state index in [-0.39, 0.29) is 30.9 Å². The molecule has 2 fully saturated rings. The van der Waals surface area contributed by atoms with Crippen molar-refractivity contribution in [3.8, 4) is 5.75 Å². The molecule has 34 heavy (non-hydrogen) atoms. The number of hydrogen-bond acceptors (Lipinski definition) is 6. The van der Waals surface area contributed by atoms with Gasteiger partial charge in [-0.1, -0.05) is 11.6 Å². The van der Waals surface area contributed by atoms with Crippen molar-refractivity contribution < 1.29 is 13.9 Å². The average Bonchev–Trinajstić information content (AvgIpc) is 3.37. The molecule has 1 aromatic rings. The summed E-state index contributed by atoms with van der Waals surface area (Å²) in [6.07, 6.45) is 2.76. The Morgan fingerprint density at radius 2 is 2.09 bits per heavy atom. The first-order chi connectivity index (χ1) is 16.1. The van der Waals surface area contributed by atoms with Gasteiger partial charge in [-0.3, -0.25) is 4.79 Å². The Labute approximate surface area is 204 Å². The number of carbonyl (C=O) groups excluding carboxylic acids is 1. The molecule has 2 heterocycles. The summed E-state index contributed by atoms with van der Waals surface area (Å²) in [5.41, 5.74) is 2.68. The van der Waals surface area contributed by atoms with Crippen molar-refractivity contribution in [2.24, 2.45) is 10.9 Å². The number of halogens is 2. The van der Waals surface area contributed by atoms with Crippen molar-refractivity contribution in [1.82, 2.24) is 15.1 Å². The van der Waals surface area contributed by atoms with Crippen molar-refractivity contribution in [3.05, 3.63) is 51.7 Å². The number of benzene rings is 1. The number of allylic oxidation sites excluding steroid dienone is 2. The minimum absolute atomic E-state index is 0.0453. The van der Waals surface area contributed by atoms with Gasteiger partial charge >= 0.3 is 0 Å². The molecule has 1 aromatic carbocycles. The zero-order valence-corrected chi connectivity index (χ0v) is 20.8. The molecule has 9 heteroatoms. The third-order valence-electron chi connectivity index (χ3n) is 6.45. The minimum Gasteiger partial charge on any atom is -0.489 e. The molecule has 2 N–H and O–H groups in total. The van der Waals surface area contributed by atoms with Crippen molar-refractivity contribution in [2.75, 3.05) is 33.7 Å². The largest absolute Gasteiger partial charge is 0.489 e. The van der Waals surface area contributed by atoms with Crippen LogP contribution in [0.1, 0.15) is 43.5 Å². The predicted molar refractivity (Wildman–Crippen MR) is 132 cm³/mol. The van der Waals surface area contributed by atoms with E-state index in [2.05, 4.69) is 29.3 Å². The highest BCUT2D eigenvalue weighted by atomic mass is 35.5. The fraction of sp³-hybridized carbons (Fsp3) is 0.480. The molecule has 182 valence electrons. The zero-order chi connectivity index (χ0) is 24.6. The third-order valence-corrected chi connectivity index (χ3v) is 7.01. The second-order valence-corrected chi connectivity index (χ2v) is 9.93. The Kier molecular flexibility index (Phi) is 7.09. The number of nitrogens with zero attached hydrogens (tertiary/aromatic N) is 3. The molecule has 2 aliphatic heterocycles. The third kappa shape index (κ3) is 5.18. The molecule has 1 saturated heterocycles. The van der Waals surface area contributed by atoms with Crippen LogP contribution in [0.15, 0.2) is 45.3 Å². The lowest BCUT2D eigenvalue weighted by molar-refractivity contribution is 0.0796. The Morgan fingerprint density at radius 3 is 2.79 bits per heavy atom. The van der Waals surface area contributed by atoms with Crippen LogP contribution in [0, 0.1) is 17.1 Å². The van der Waals surface area contributed by atoms with Gasteiger partial charge in [0, 0.05) is 23.9 Å². The Bertz CT molecular complexity index is 1110. The van der Waals surface area contributed by atoms with Crippen molar-refractivity contribution in [2.45, 2.75) is 39.2 Å². The van der Waals surface area contributed by atoms with Gasteiger partial charge in [-0.15, -0.1) is 0 Å². The molecule has 0 radical (unpaired) electrons. The van der Waals surface area contributed by atoms with Gasteiger partial charge < -0.3 is 25.3 Å². The Morgan fingerprint density at radius 1 is 1.32 bits per heavy atom. The average molecular weight is 488 g/mol. The van der Waals surface area contributed by atoms with Gasteiger partial charge in [0.1, 0.15) is 17.4 Å². The molecule has 4 rings (SSSR count). The lowest BCUT2D eigenvalue weighted by Gasteiger charge is -2.21. The van der Waals surface area contributed by atoms with Gasteiger partial charge in [0.15, 0.2) is 0 Å². The van der Waals surface area contributed by atoms with Gasteiger partial charge in [0.25, 0.3) is 5.91 Å². The SMILES string of the molecule is CC1=N/C(=C2\CN(C(=O)c3ccc(F)cc3OC3CCC(CN(C)C)C3)CC2=N)NC(C)=C1Cl. The summed E-state index contributed by atoms with van der Waals surface area (Å²) < 4.78 is 20.3. The van der Waals surface area contributed by atoms with E-state index in [4.69, 9.17) is 21.7 Å². The number of amides is 1. The topological polar surface area (TPSA) is 81.0 Å². The molecule has 0 spiro atoms. The van der Waals surface area contributed by atoms with Crippen LogP contribution in [-0.2, 0) is 0 Å². The monoisotopic (exact) mass is 487 g/mol. The highest BCUT2D eigenvalue weighted by Gasteiger charge is 2.33. The highest BCUT2D eigenvalue weighted by Crippen LogP contribution is 2.33. The van der Waals surface area contributed by atoms with E-state index in [1.54, 1.807) is 4.90 Å². The van der Waals surface area contributed by atoms with Crippen LogP contribution < -0.4 is 10.1 Å². The van der Waals surface area contributed by atoms with E-state index in [9.17, 15) is 9.18 Å².